The Morgan fingerprint density at radius 3 is 1.91 bits per heavy atom. The summed E-state index contributed by atoms with van der Waals surface area (Å²) in [5.74, 6) is 0. The molecule has 47 heavy (non-hydrogen) atoms. The summed E-state index contributed by atoms with van der Waals surface area (Å²) in [5, 5.41) is 7.39. The molecule has 0 aliphatic heterocycles. The van der Waals surface area contributed by atoms with Crippen molar-refractivity contribution in [3.8, 4) is 27.9 Å². The maximum atomic E-state index is 7.03. The average molecular weight is 620 g/mol. The number of hydrogen-bond acceptors (Lipinski definition) is 2. The minimum absolute atomic E-state index is 0.899. The Balaban J connectivity index is 1.28. The van der Waals surface area contributed by atoms with Gasteiger partial charge in [-0.1, -0.05) is 90.0 Å². The van der Waals surface area contributed by atoms with Crippen LogP contribution in [0.3, 0.4) is 0 Å². The van der Waals surface area contributed by atoms with Gasteiger partial charge in [-0.15, -0.1) is 11.3 Å². The molecule has 0 radical (unpaired) electrons. The molecule has 222 valence electrons. The molecular formula is C44H29NOS. The van der Waals surface area contributed by atoms with E-state index >= 15 is 0 Å². The number of rotatable bonds is 3. The highest BCUT2D eigenvalue weighted by molar-refractivity contribution is 7.25. The van der Waals surface area contributed by atoms with Gasteiger partial charge in [0.05, 0.1) is 16.7 Å². The van der Waals surface area contributed by atoms with Crippen molar-refractivity contribution in [1.29, 1.82) is 0 Å². The molecule has 0 fully saturated rings. The van der Waals surface area contributed by atoms with E-state index in [1.54, 1.807) is 0 Å². The highest BCUT2D eigenvalue weighted by Gasteiger charge is 2.21. The lowest BCUT2D eigenvalue weighted by molar-refractivity contribution is 0.667. The fourth-order valence-electron chi connectivity index (χ4n) is 7.48. The van der Waals surface area contributed by atoms with Gasteiger partial charge in [0.15, 0.2) is 5.58 Å². The Morgan fingerprint density at radius 1 is 0.447 bits per heavy atom. The molecule has 3 heteroatoms. The number of furan rings is 1. The Hall–Kier alpha value is -5.64. The van der Waals surface area contributed by atoms with Crippen molar-refractivity contribution in [3.63, 3.8) is 0 Å². The quantitative estimate of drug-likeness (QED) is 0.192. The SMILES string of the molecule is Cc1ccc2c(c1)c1cc(C)ccc1n2-c1cccc2c1oc1c(-c3ccccc3)cc(-c3ccc4sc5ccccc5c4c3)cc12. The number of para-hydroxylation sites is 1. The first-order valence-corrected chi connectivity index (χ1v) is 16.9. The number of benzene rings is 7. The molecule has 0 saturated carbocycles. The molecular weight excluding hydrogens is 591 g/mol. The highest BCUT2D eigenvalue weighted by Crippen LogP contribution is 2.44. The lowest BCUT2D eigenvalue weighted by Gasteiger charge is -2.09. The fraction of sp³-hybridized carbons (Fsp3) is 0.0455. The molecule has 0 bridgehead atoms. The molecule has 0 saturated heterocycles. The molecule has 10 aromatic rings. The maximum Gasteiger partial charge on any atom is 0.159 e. The summed E-state index contributed by atoms with van der Waals surface area (Å²) < 4.78 is 12.0. The summed E-state index contributed by atoms with van der Waals surface area (Å²) in [5.41, 5.74) is 12.4. The molecule has 7 aromatic carbocycles. The van der Waals surface area contributed by atoms with Gasteiger partial charge in [-0.3, -0.25) is 0 Å². The summed E-state index contributed by atoms with van der Waals surface area (Å²) in [6, 6.07) is 51.0. The van der Waals surface area contributed by atoms with Crippen molar-refractivity contribution in [2.45, 2.75) is 13.8 Å². The van der Waals surface area contributed by atoms with Gasteiger partial charge in [-0.05, 0) is 91.2 Å². The maximum absolute atomic E-state index is 7.03. The first kappa shape index (κ1) is 26.6. The number of thiophene rings is 1. The molecule has 0 spiro atoms. The van der Waals surface area contributed by atoms with Crippen molar-refractivity contribution in [2.24, 2.45) is 0 Å². The van der Waals surface area contributed by atoms with Crippen LogP contribution in [-0.2, 0) is 0 Å². The van der Waals surface area contributed by atoms with Crippen LogP contribution in [0.25, 0.3) is 91.9 Å². The zero-order valence-corrected chi connectivity index (χ0v) is 26.9. The van der Waals surface area contributed by atoms with Gasteiger partial charge in [-0.2, -0.15) is 0 Å². The van der Waals surface area contributed by atoms with Crippen LogP contribution >= 0.6 is 11.3 Å². The second-order valence-electron chi connectivity index (χ2n) is 12.7. The summed E-state index contributed by atoms with van der Waals surface area (Å²) in [4.78, 5) is 0. The van der Waals surface area contributed by atoms with Crippen LogP contribution in [-0.4, -0.2) is 4.57 Å². The van der Waals surface area contributed by atoms with Crippen LogP contribution in [0.15, 0.2) is 144 Å². The second-order valence-corrected chi connectivity index (χ2v) is 13.8. The van der Waals surface area contributed by atoms with Crippen LogP contribution in [0, 0.1) is 13.8 Å². The number of aryl methyl sites for hydroxylation is 2. The van der Waals surface area contributed by atoms with E-state index in [2.05, 4.69) is 158 Å². The van der Waals surface area contributed by atoms with E-state index in [9.17, 15) is 0 Å². The third-order valence-corrected chi connectivity index (χ3v) is 10.8. The van der Waals surface area contributed by atoms with Crippen molar-refractivity contribution in [3.05, 3.63) is 151 Å². The summed E-state index contributed by atoms with van der Waals surface area (Å²) in [6.45, 7) is 4.33. The molecule has 0 atom stereocenters. The monoisotopic (exact) mass is 619 g/mol. The molecule has 0 amide bonds. The predicted octanol–water partition coefficient (Wildman–Crippen LogP) is 13.0. The third-order valence-electron chi connectivity index (χ3n) is 9.69. The normalized spacial score (nSPS) is 12.0. The summed E-state index contributed by atoms with van der Waals surface area (Å²) in [7, 11) is 0. The number of hydrogen-bond donors (Lipinski definition) is 0. The van der Waals surface area contributed by atoms with Crippen LogP contribution in [0.1, 0.15) is 11.1 Å². The van der Waals surface area contributed by atoms with Gasteiger partial charge in [0.25, 0.3) is 0 Å². The van der Waals surface area contributed by atoms with Crippen LogP contribution in [0.5, 0.6) is 0 Å². The molecule has 0 aliphatic rings. The molecule has 0 unspecified atom stereocenters. The van der Waals surface area contributed by atoms with Gasteiger partial charge in [0.2, 0.25) is 0 Å². The van der Waals surface area contributed by atoms with Gasteiger partial charge < -0.3 is 8.98 Å². The standard InChI is InChI=1S/C44H29NOS/c1-26-15-18-38-34(21-26)35-22-27(2)16-19-39(35)45(38)40-13-8-12-32-37-25-30(24-33(43(37)46-44(32)40)28-9-4-3-5-10-28)29-17-20-42-36(23-29)31-11-6-7-14-41(31)47-42/h3-25H,1-2H3. The fourth-order valence-corrected chi connectivity index (χ4v) is 8.56. The predicted molar refractivity (Wildman–Crippen MR) is 201 cm³/mol. The molecule has 0 aliphatic carbocycles. The smallest absolute Gasteiger partial charge is 0.159 e. The van der Waals surface area contributed by atoms with Gasteiger partial charge in [0, 0.05) is 47.3 Å². The molecule has 10 rings (SSSR count). The van der Waals surface area contributed by atoms with Crippen LogP contribution < -0.4 is 0 Å². The second kappa shape index (κ2) is 9.93. The number of fused-ring (bicyclic) bond motifs is 9. The minimum atomic E-state index is 0.899. The molecule has 3 aromatic heterocycles. The first-order chi connectivity index (χ1) is 23.1. The lowest BCUT2D eigenvalue weighted by atomic mass is 9.95. The summed E-state index contributed by atoms with van der Waals surface area (Å²) >= 11 is 1.86. The average Bonchev–Trinajstić information content (AvgIpc) is 3.77. The van der Waals surface area contributed by atoms with E-state index in [0.717, 1.165) is 38.8 Å². The Kier molecular flexibility index (Phi) is 5.61. The zero-order chi connectivity index (χ0) is 31.2. The van der Waals surface area contributed by atoms with Crippen molar-refractivity contribution in [1.82, 2.24) is 4.57 Å². The summed E-state index contributed by atoms with van der Waals surface area (Å²) in [6.07, 6.45) is 0. The van der Waals surface area contributed by atoms with E-state index in [4.69, 9.17) is 4.42 Å². The van der Waals surface area contributed by atoms with E-state index in [1.165, 1.54) is 64.2 Å². The van der Waals surface area contributed by atoms with E-state index in [0.29, 0.717) is 0 Å². The van der Waals surface area contributed by atoms with Crippen molar-refractivity contribution in [2.75, 3.05) is 0 Å². The number of nitrogens with zero attached hydrogens (tertiary/aromatic N) is 1. The topological polar surface area (TPSA) is 18.1 Å². The third kappa shape index (κ3) is 3.97. The lowest BCUT2D eigenvalue weighted by Crippen LogP contribution is -1.94. The van der Waals surface area contributed by atoms with Gasteiger partial charge in [-0.25, -0.2) is 0 Å². The van der Waals surface area contributed by atoms with Crippen LogP contribution in [0.4, 0.5) is 0 Å². The van der Waals surface area contributed by atoms with E-state index in [-0.39, 0.29) is 0 Å². The highest BCUT2D eigenvalue weighted by atomic mass is 32.1. The Labute approximate surface area is 275 Å². The number of aromatic nitrogens is 1. The largest absolute Gasteiger partial charge is 0.453 e. The first-order valence-electron chi connectivity index (χ1n) is 16.1. The van der Waals surface area contributed by atoms with Crippen molar-refractivity contribution < 1.29 is 4.42 Å². The molecule has 3 heterocycles. The Morgan fingerprint density at radius 2 is 1.13 bits per heavy atom. The van der Waals surface area contributed by atoms with Crippen LogP contribution in [0.2, 0.25) is 0 Å². The zero-order valence-electron chi connectivity index (χ0n) is 26.0. The Bertz CT molecular complexity index is 2810. The van der Waals surface area contributed by atoms with E-state index in [1.807, 2.05) is 11.3 Å². The van der Waals surface area contributed by atoms with Gasteiger partial charge in [0.1, 0.15) is 5.58 Å². The minimum Gasteiger partial charge on any atom is -0.453 e. The molecule has 2 nitrogen and oxygen atoms in total. The molecule has 0 N–H and O–H groups in total. The van der Waals surface area contributed by atoms with Gasteiger partial charge >= 0.3 is 0 Å². The van der Waals surface area contributed by atoms with E-state index < -0.39 is 0 Å². The van der Waals surface area contributed by atoms with Crippen molar-refractivity contribution >= 4 is 75.3 Å².